The molecule has 0 aromatic heterocycles. The quantitative estimate of drug-likeness (QED) is 0.280. The van der Waals surface area contributed by atoms with Crippen molar-refractivity contribution in [2.45, 2.75) is 89.0 Å². The summed E-state index contributed by atoms with van der Waals surface area (Å²) in [5.41, 5.74) is 5.56. The zero-order valence-corrected chi connectivity index (χ0v) is 16.1. The van der Waals surface area contributed by atoms with Gasteiger partial charge in [-0.1, -0.05) is 45.4 Å². The monoisotopic (exact) mass is 374 g/mol. The summed E-state index contributed by atoms with van der Waals surface area (Å²) in [6, 6.07) is -1.09. The molecule has 6 N–H and O–H groups in total. The molecule has 1 fully saturated rings. The van der Waals surface area contributed by atoms with Crippen LogP contribution in [0.5, 0.6) is 0 Å². The third kappa shape index (κ3) is 6.46. The van der Waals surface area contributed by atoms with Crippen LogP contribution in [0.2, 0.25) is 0 Å². The molecule has 0 aromatic rings. The number of unbranched alkanes of at least 4 members (excludes halogenated alkanes) is 6. The predicted octanol–water partition coefficient (Wildman–Crippen LogP) is 0.378. The van der Waals surface area contributed by atoms with E-state index in [0.717, 1.165) is 51.4 Å². The third-order valence-electron chi connectivity index (χ3n) is 5.54. The first-order valence-corrected chi connectivity index (χ1v) is 10.1. The summed E-state index contributed by atoms with van der Waals surface area (Å²) >= 11 is 0. The van der Waals surface area contributed by atoms with Crippen molar-refractivity contribution in [3.63, 3.8) is 0 Å². The first-order valence-electron chi connectivity index (χ1n) is 10.1. The molecule has 0 radical (unpaired) electrons. The Bertz CT molecular complexity index is 396. The number of primary amides is 1. The van der Waals surface area contributed by atoms with E-state index in [1.54, 1.807) is 0 Å². The van der Waals surface area contributed by atoms with E-state index in [0.29, 0.717) is 13.0 Å². The van der Waals surface area contributed by atoms with Crippen molar-refractivity contribution in [2.24, 2.45) is 11.7 Å². The Morgan fingerprint density at radius 3 is 2.08 bits per heavy atom. The van der Waals surface area contributed by atoms with Gasteiger partial charge in [-0.3, -0.25) is 9.69 Å². The smallest absolute Gasteiger partial charge is 0.222 e. The van der Waals surface area contributed by atoms with Gasteiger partial charge < -0.3 is 26.2 Å². The Balaban J connectivity index is 2.60. The lowest BCUT2D eigenvalue weighted by Gasteiger charge is -2.33. The Hall–Kier alpha value is -0.730. The van der Waals surface area contributed by atoms with E-state index >= 15 is 0 Å². The molecule has 1 aliphatic rings. The van der Waals surface area contributed by atoms with Crippen LogP contribution in [0.25, 0.3) is 0 Å². The largest absolute Gasteiger partial charge is 0.396 e. The fraction of sp³-hybridized carbons (Fsp3) is 0.947. The molecule has 0 spiro atoms. The van der Waals surface area contributed by atoms with Crippen molar-refractivity contribution in [1.29, 1.82) is 0 Å². The zero-order chi connectivity index (χ0) is 19.5. The van der Waals surface area contributed by atoms with Gasteiger partial charge in [-0.2, -0.15) is 0 Å². The number of nitrogens with two attached hydrogens (primary N) is 1. The lowest BCUT2D eigenvalue weighted by Crippen LogP contribution is -2.49. The molecule has 7 heteroatoms. The van der Waals surface area contributed by atoms with Crippen LogP contribution in [0.3, 0.4) is 0 Å². The Labute approximate surface area is 157 Å². The molecule has 154 valence electrons. The minimum atomic E-state index is -1.07. The number of carbonyl (C=O) groups is 1. The molecule has 0 bridgehead atoms. The minimum Gasteiger partial charge on any atom is -0.396 e. The number of likely N-dealkylation sites (tertiary alicyclic amines) is 1. The van der Waals surface area contributed by atoms with E-state index < -0.39 is 36.1 Å². The van der Waals surface area contributed by atoms with E-state index in [-0.39, 0.29) is 13.2 Å². The molecule has 0 aliphatic carbocycles. The Morgan fingerprint density at radius 1 is 1.00 bits per heavy atom. The van der Waals surface area contributed by atoms with Crippen LogP contribution in [0.15, 0.2) is 0 Å². The van der Waals surface area contributed by atoms with Gasteiger partial charge in [0, 0.05) is 6.61 Å². The van der Waals surface area contributed by atoms with Gasteiger partial charge in [0.05, 0.1) is 36.8 Å². The van der Waals surface area contributed by atoms with Crippen LogP contribution in [0.1, 0.15) is 64.7 Å². The average Bonchev–Trinajstić information content (AvgIpc) is 2.85. The molecule has 1 heterocycles. The summed E-state index contributed by atoms with van der Waals surface area (Å²) < 4.78 is 0. The first kappa shape index (κ1) is 23.3. The summed E-state index contributed by atoms with van der Waals surface area (Å²) in [6.07, 6.45) is 6.31. The Morgan fingerprint density at radius 2 is 1.58 bits per heavy atom. The standard InChI is InChI=1S/C19H38N2O5/c1-2-10-14(19(20)26)16-18(25)17(24)15(13-23)21(16)11-8-6-4-3-5-7-9-12-22/h14-18,22-25H,2-13H2,1H3,(H2,20,26). The molecular formula is C19H38N2O5. The number of carbonyl (C=O) groups excluding carboxylic acids is 1. The molecule has 7 nitrogen and oxygen atoms in total. The number of aliphatic hydroxyl groups is 4. The maximum absolute atomic E-state index is 11.9. The van der Waals surface area contributed by atoms with Gasteiger partial charge in [0.15, 0.2) is 0 Å². The van der Waals surface area contributed by atoms with E-state index in [4.69, 9.17) is 10.8 Å². The second-order valence-corrected chi connectivity index (χ2v) is 7.46. The van der Waals surface area contributed by atoms with Crippen LogP contribution in [0.4, 0.5) is 0 Å². The third-order valence-corrected chi connectivity index (χ3v) is 5.54. The fourth-order valence-electron chi connectivity index (χ4n) is 4.12. The first-order chi connectivity index (χ1) is 12.5. The maximum Gasteiger partial charge on any atom is 0.222 e. The van der Waals surface area contributed by atoms with Crippen LogP contribution in [-0.4, -0.2) is 75.3 Å². The molecule has 5 atom stereocenters. The maximum atomic E-state index is 11.9. The van der Waals surface area contributed by atoms with Crippen molar-refractivity contribution < 1.29 is 25.2 Å². The lowest BCUT2D eigenvalue weighted by atomic mass is 9.90. The van der Waals surface area contributed by atoms with Crippen LogP contribution < -0.4 is 5.73 Å². The number of hydrogen-bond donors (Lipinski definition) is 5. The summed E-state index contributed by atoms with van der Waals surface area (Å²) in [5.74, 6) is -0.991. The van der Waals surface area contributed by atoms with Crippen LogP contribution >= 0.6 is 0 Å². The average molecular weight is 375 g/mol. The summed E-state index contributed by atoms with van der Waals surface area (Å²) in [6.45, 7) is 2.57. The van der Waals surface area contributed by atoms with Gasteiger partial charge in [-0.15, -0.1) is 0 Å². The van der Waals surface area contributed by atoms with Gasteiger partial charge in [0.1, 0.15) is 0 Å². The second kappa shape index (κ2) is 12.6. The summed E-state index contributed by atoms with van der Waals surface area (Å²) in [7, 11) is 0. The normalized spacial score (nSPS) is 27.7. The van der Waals surface area contributed by atoms with E-state index in [2.05, 4.69) is 0 Å². The van der Waals surface area contributed by atoms with Crippen LogP contribution in [-0.2, 0) is 4.79 Å². The van der Waals surface area contributed by atoms with Gasteiger partial charge >= 0.3 is 0 Å². The van der Waals surface area contributed by atoms with Gasteiger partial charge in [0.25, 0.3) is 0 Å². The number of aliphatic hydroxyl groups excluding tert-OH is 4. The van der Waals surface area contributed by atoms with E-state index in [1.165, 1.54) is 0 Å². The van der Waals surface area contributed by atoms with Crippen molar-refractivity contribution >= 4 is 5.91 Å². The van der Waals surface area contributed by atoms with Crippen LogP contribution in [0, 0.1) is 5.92 Å². The predicted molar refractivity (Wildman–Crippen MR) is 100 cm³/mol. The molecule has 0 saturated carbocycles. The molecule has 0 aromatic carbocycles. The zero-order valence-electron chi connectivity index (χ0n) is 16.1. The van der Waals surface area contributed by atoms with Crippen molar-refractivity contribution in [3.05, 3.63) is 0 Å². The van der Waals surface area contributed by atoms with Crippen molar-refractivity contribution in [3.8, 4) is 0 Å². The number of nitrogens with zero attached hydrogens (tertiary/aromatic N) is 1. The van der Waals surface area contributed by atoms with Crippen molar-refractivity contribution in [2.75, 3.05) is 19.8 Å². The number of amides is 1. The molecule has 1 amide bonds. The summed E-state index contributed by atoms with van der Waals surface area (Å²) in [4.78, 5) is 13.8. The highest BCUT2D eigenvalue weighted by Crippen LogP contribution is 2.32. The molecule has 1 aliphatic heterocycles. The van der Waals surface area contributed by atoms with E-state index in [9.17, 15) is 20.1 Å². The highest BCUT2D eigenvalue weighted by molar-refractivity contribution is 5.77. The topological polar surface area (TPSA) is 127 Å². The second-order valence-electron chi connectivity index (χ2n) is 7.46. The fourth-order valence-corrected chi connectivity index (χ4v) is 4.12. The highest BCUT2D eigenvalue weighted by Gasteiger charge is 2.50. The molecular weight excluding hydrogens is 336 g/mol. The lowest BCUT2D eigenvalue weighted by molar-refractivity contribution is -0.125. The van der Waals surface area contributed by atoms with Gasteiger partial charge in [0.2, 0.25) is 5.91 Å². The highest BCUT2D eigenvalue weighted by atomic mass is 16.3. The molecule has 1 saturated heterocycles. The number of rotatable bonds is 14. The molecule has 1 rings (SSSR count). The molecule has 26 heavy (non-hydrogen) atoms. The van der Waals surface area contributed by atoms with Crippen molar-refractivity contribution in [1.82, 2.24) is 4.90 Å². The molecule has 5 unspecified atom stereocenters. The SMILES string of the molecule is CCCC(C(N)=O)C1C(O)C(O)C(CO)N1CCCCCCCCCO. The van der Waals surface area contributed by atoms with Gasteiger partial charge in [-0.05, 0) is 25.8 Å². The number of hydrogen-bond acceptors (Lipinski definition) is 6. The Kier molecular flexibility index (Phi) is 11.3. The van der Waals surface area contributed by atoms with Gasteiger partial charge in [-0.25, -0.2) is 0 Å². The van der Waals surface area contributed by atoms with E-state index in [1.807, 2.05) is 11.8 Å². The summed E-state index contributed by atoms with van der Waals surface area (Å²) in [5, 5.41) is 39.2. The minimum absolute atomic E-state index is 0.252.